The lowest BCUT2D eigenvalue weighted by Crippen LogP contribution is -2.03. The molecule has 96 valence electrons. The van der Waals surface area contributed by atoms with Crippen LogP contribution in [0.5, 0.6) is 0 Å². The van der Waals surface area contributed by atoms with Gasteiger partial charge in [-0.3, -0.25) is 4.79 Å². The van der Waals surface area contributed by atoms with Gasteiger partial charge in [-0.05, 0) is 11.1 Å². The van der Waals surface area contributed by atoms with Gasteiger partial charge in [0.2, 0.25) is 0 Å². The van der Waals surface area contributed by atoms with Crippen molar-refractivity contribution in [3.8, 4) is 0 Å². The zero-order chi connectivity index (χ0) is 13.5. The van der Waals surface area contributed by atoms with Crippen molar-refractivity contribution in [3.63, 3.8) is 0 Å². The first-order valence-corrected chi connectivity index (χ1v) is 6.22. The zero-order valence-electron chi connectivity index (χ0n) is 10.2. The fraction of sp³-hybridized carbons (Fsp3) is 0.231. The largest absolute Gasteiger partial charge is 0.503 e. The van der Waals surface area contributed by atoms with Crippen LogP contribution in [0.3, 0.4) is 0 Å². The Labute approximate surface area is 110 Å². The van der Waals surface area contributed by atoms with Crippen LogP contribution in [0.4, 0.5) is 0 Å². The lowest BCUT2D eigenvalue weighted by molar-refractivity contribution is -0.130. The molecule has 1 aromatic rings. The predicted molar refractivity (Wildman–Crippen MR) is 71.0 cm³/mol. The summed E-state index contributed by atoms with van der Waals surface area (Å²) in [4.78, 5) is 22.1. The average Bonchev–Trinajstić information content (AvgIpc) is 2.33. The molecule has 0 saturated carbocycles. The van der Waals surface area contributed by atoms with Gasteiger partial charge in [0.05, 0.1) is 13.4 Å². The molecule has 0 heterocycles. The molecule has 18 heavy (non-hydrogen) atoms. The molecule has 0 saturated heterocycles. The van der Waals surface area contributed by atoms with Crippen LogP contribution in [-0.4, -0.2) is 23.3 Å². The maximum Gasteiger partial charge on any atom is 0.339 e. The minimum absolute atomic E-state index is 0.00241. The molecule has 1 rings (SSSR count). The van der Waals surface area contributed by atoms with Crippen molar-refractivity contribution in [2.45, 2.75) is 12.7 Å². The number of methoxy groups -OCH3 is 1. The number of hydrogen-bond donors (Lipinski definition) is 1. The first-order chi connectivity index (χ1) is 8.56. The lowest BCUT2D eigenvalue weighted by Gasteiger charge is -2.09. The number of rotatable bonds is 5. The highest BCUT2D eigenvalue weighted by Crippen LogP contribution is 2.23. The number of carbonyl (C=O) groups excluding carboxylic acids is 1. The molecule has 0 unspecified atom stereocenters. The standard InChI is InChI=1S/C13H14O4S/c1-9(14)18-8-10-5-3-4-6-11(10)12(7-17-2)13(15)16/h3-7H,8H2,1-2H3,(H,15,16)/b12-7+. The van der Waals surface area contributed by atoms with E-state index in [4.69, 9.17) is 9.84 Å². The number of aliphatic carboxylic acids is 1. The minimum atomic E-state index is -1.06. The highest BCUT2D eigenvalue weighted by molar-refractivity contribution is 8.12. The van der Waals surface area contributed by atoms with E-state index in [-0.39, 0.29) is 10.7 Å². The fourth-order valence-corrected chi connectivity index (χ4v) is 2.05. The van der Waals surface area contributed by atoms with Crippen LogP contribution in [-0.2, 0) is 20.1 Å². The molecule has 0 fully saturated rings. The first kappa shape index (κ1) is 14.3. The van der Waals surface area contributed by atoms with Gasteiger partial charge in [0.15, 0.2) is 5.12 Å². The van der Waals surface area contributed by atoms with Crippen LogP contribution in [0.2, 0.25) is 0 Å². The second-order valence-electron chi connectivity index (χ2n) is 3.51. The Morgan fingerprint density at radius 2 is 2.06 bits per heavy atom. The summed E-state index contributed by atoms with van der Waals surface area (Å²) in [6, 6.07) is 7.07. The van der Waals surface area contributed by atoms with E-state index in [1.165, 1.54) is 20.3 Å². The monoisotopic (exact) mass is 266 g/mol. The first-order valence-electron chi connectivity index (χ1n) is 5.24. The summed E-state index contributed by atoms with van der Waals surface area (Å²) >= 11 is 1.15. The Morgan fingerprint density at radius 3 is 2.61 bits per heavy atom. The zero-order valence-corrected chi connectivity index (χ0v) is 11.0. The van der Waals surface area contributed by atoms with Gasteiger partial charge in [-0.15, -0.1) is 0 Å². The second-order valence-corrected chi connectivity index (χ2v) is 4.66. The normalized spacial score (nSPS) is 11.1. The molecule has 0 aliphatic carbocycles. The van der Waals surface area contributed by atoms with E-state index in [1.807, 2.05) is 6.07 Å². The van der Waals surface area contributed by atoms with Gasteiger partial charge in [0.1, 0.15) is 5.57 Å². The third-order valence-corrected chi connectivity index (χ3v) is 3.07. The van der Waals surface area contributed by atoms with E-state index in [0.29, 0.717) is 11.3 Å². The highest BCUT2D eigenvalue weighted by atomic mass is 32.2. The summed E-state index contributed by atoms with van der Waals surface area (Å²) in [5.41, 5.74) is 1.45. The maximum absolute atomic E-state index is 11.2. The number of hydrogen-bond acceptors (Lipinski definition) is 4. The molecule has 0 bridgehead atoms. The molecular formula is C13H14O4S. The van der Waals surface area contributed by atoms with E-state index in [9.17, 15) is 9.59 Å². The van der Waals surface area contributed by atoms with E-state index in [2.05, 4.69) is 0 Å². The molecule has 1 N–H and O–H groups in total. The van der Waals surface area contributed by atoms with Crippen molar-refractivity contribution in [2.75, 3.05) is 7.11 Å². The van der Waals surface area contributed by atoms with Crippen molar-refractivity contribution in [2.24, 2.45) is 0 Å². The Bertz CT molecular complexity index is 480. The van der Waals surface area contributed by atoms with E-state index >= 15 is 0 Å². The summed E-state index contributed by atoms with van der Waals surface area (Å²) in [5, 5.41) is 9.14. The number of benzene rings is 1. The van der Waals surface area contributed by atoms with Crippen LogP contribution in [0, 0.1) is 0 Å². The van der Waals surface area contributed by atoms with Gasteiger partial charge in [-0.25, -0.2) is 4.79 Å². The predicted octanol–water partition coefficient (Wildman–Crippen LogP) is 2.54. The Morgan fingerprint density at radius 1 is 1.39 bits per heavy atom. The summed E-state index contributed by atoms with van der Waals surface area (Å²) in [7, 11) is 1.40. The summed E-state index contributed by atoms with van der Waals surface area (Å²) in [6.45, 7) is 1.48. The number of carboxylic acids is 1. The second kappa shape index (κ2) is 6.86. The molecule has 1 aromatic carbocycles. The molecule has 0 aliphatic rings. The Balaban J connectivity index is 3.10. The SMILES string of the molecule is CO/C=C(/C(=O)O)c1ccccc1CSC(C)=O. The molecular weight excluding hydrogens is 252 g/mol. The third-order valence-electron chi connectivity index (χ3n) is 2.20. The molecule has 0 spiro atoms. The van der Waals surface area contributed by atoms with Gasteiger partial charge in [0.25, 0.3) is 0 Å². The molecule has 0 aliphatic heterocycles. The summed E-state index contributed by atoms with van der Waals surface area (Å²) in [5.74, 6) is -0.614. The van der Waals surface area contributed by atoms with Gasteiger partial charge >= 0.3 is 5.97 Å². The lowest BCUT2D eigenvalue weighted by atomic mass is 10.0. The summed E-state index contributed by atoms with van der Waals surface area (Å²) < 4.78 is 4.78. The molecule has 0 amide bonds. The number of ether oxygens (including phenoxy) is 1. The quantitative estimate of drug-likeness (QED) is 0.655. The van der Waals surface area contributed by atoms with Crippen LogP contribution in [0.15, 0.2) is 30.5 Å². The van der Waals surface area contributed by atoms with Crippen LogP contribution < -0.4 is 0 Å². The van der Waals surface area contributed by atoms with E-state index in [0.717, 1.165) is 17.3 Å². The number of carbonyl (C=O) groups is 2. The molecule has 4 nitrogen and oxygen atoms in total. The third kappa shape index (κ3) is 3.92. The van der Waals surface area contributed by atoms with Crippen molar-refractivity contribution in [1.82, 2.24) is 0 Å². The van der Waals surface area contributed by atoms with Crippen molar-refractivity contribution in [1.29, 1.82) is 0 Å². The van der Waals surface area contributed by atoms with Gasteiger partial charge in [-0.1, -0.05) is 36.0 Å². The van der Waals surface area contributed by atoms with Gasteiger partial charge in [-0.2, -0.15) is 0 Å². The van der Waals surface area contributed by atoms with E-state index in [1.54, 1.807) is 18.2 Å². The fourth-order valence-electron chi connectivity index (χ4n) is 1.44. The smallest absolute Gasteiger partial charge is 0.339 e. The molecule has 0 aromatic heterocycles. The highest BCUT2D eigenvalue weighted by Gasteiger charge is 2.15. The van der Waals surface area contributed by atoms with Crippen molar-refractivity contribution < 1.29 is 19.4 Å². The Kier molecular flexibility index (Phi) is 5.45. The molecule has 0 radical (unpaired) electrons. The summed E-state index contributed by atoms with van der Waals surface area (Å²) in [6.07, 6.45) is 1.19. The topological polar surface area (TPSA) is 63.6 Å². The van der Waals surface area contributed by atoms with Gasteiger partial charge in [0, 0.05) is 12.7 Å². The van der Waals surface area contributed by atoms with Gasteiger partial charge < -0.3 is 9.84 Å². The van der Waals surface area contributed by atoms with Crippen LogP contribution in [0.25, 0.3) is 5.57 Å². The molecule has 0 atom stereocenters. The average molecular weight is 266 g/mol. The minimum Gasteiger partial charge on any atom is -0.503 e. The maximum atomic E-state index is 11.2. The van der Waals surface area contributed by atoms with Crippen molar-refractivity contribution in [3.05, 3.63) is 41.7 Å². The molecule has 5 heteroatoms. The Hall–Kier alpha value is -1.75. The number of carboxylic acid groups (broad SMARTS) is 1. The van der Waals surface area contributed by atoms with Crippen LogP contribution >= 0.6 is 11.8 Å². The van der Waals surface area contributed by atoms with Crippen molar-refractivity contribution >= 4 is 28.4 Å². The number of thioether (sulfide) groups is 1. The van der Waals surface area contributed by atoms with E-state index < -0.39 is 5.97 Å². The van der Waals surface area contributed by atoms with Crippen LogP contribution in [0.1, 0.15) is 18.1 Å².